The van der Waals surface area contributed by atoms with Crippen molar-refractivity contribution in [2.75, 3.05) is 0 Å². The van der Waals surface area contributed by atoms with Crippen molar-refractivity contribution in [2.24, 2.45) is 7.05 Å². The van der Waals surface area contributed by atoms with Crippen LogP contribution in [0.5, 0.6) is 0 Å². The van der Waals surface area contributed by atoms with E-state index in [0.29, 0.717) is 11.4 Å². The summed E-state index contributed by atoms with van der Waals surface area (Å²) < 4.78 is 2.83. The van der Waals surface area contributed by atoms with Crippen molar-refractivity contribution >= 4 is 38.6 Å². The molecule has 1 atom stereocenters. The Morgan fingerprint density at radius 3 is 2.76 bits per heavy atom. The first-order chi connectivity index (χ1) is 10.1. The van der Waals surface area contributed by atoms with E-state index in [9.17, 15) is 5.11 Å². The van der Waals surface area contributed by atoms with Crippen LogP contribution < -0.4 is 0 Å². The van der Waals surface area contributed by atoms with Gasteiger partial charge in [-0.05, 0) is 45.8 Å². The molecular weight excluding hydrogens is 352 g/mol. The van der Waals surface area contributed by atoms with Gasteiger partial charge in [0.05, 0.1) is 22.2 Å². The highest BCUT2D eigenvalue weighted by Crippen LogP contribution is 2.28. The Bertz CT molecular complexity index is 800. The molecule has 0 spiro atoms. The zero-order chi connectivity index (χ0) is 15.0. The van der Waals surface area contributed by atoms with Crippen LogP contribution in [0, 0.1) is 0 Å². The molecule has 3 aromatic rings. The highest BCUT2D eigenvalue weighted by atomic mass is 79.9. The maximum atomic E-state index is 10.4. The van der Waals surface area contributed by atoms with Gasteiger partial charge in [-0.25, -0.2) is 4.98 Å². The Morgan fingerprint density at radius 2 is 2.05 bits per heavy atom. The second-order valence-corrected chi connectivity index (χ2v) is 6.23. The van der Waals surface area contributed by atoms with E-state index in [1.54, 1.807) is 6.07 Å². The van der Waals surface area contributed by atoms with Gasteiger partial charge in [0.25, 0.3) is 0 Å². The fraction of sp³-hybridized carbons (Fsp3) is 0.188. The van der Waals surface area contributed by atoms with Crippen molar-refractivity contribution in [3.63, 3.8) is 0 Å². The minimum absolute atomic E-state index is 0.448. The number of hydrogen-bond donors (Lipinski definition) is 1. The molecule has 0 aliphatic carbocycles. The molecule has 1 unspecified atom stereocenters. The summed E-state index contributed by atoms with van der Waals surface area (Å²) in [4.78, 5) is 4.58. The summed E-state index contributed by atoms with van der Waals surface area (Å²) in [6, 6.07) is 13.4. The van der Waals surface area contributed by atoms with Gasteiger partial charge in [0, 0.05) is 17.9 Å². The molecule has 0 aliphatic rings. The van der Waals surface area contributed by atoms with Gasteiger partial charge in [-0.15, -0.1) is 0 Å². The lowest BCUT2D eigenvalue weighted by Crippen LogP contribution is -2.07. The van der Waals surface area contributed by atoms with Gasteiger partial charge in [-0.1, -0.05) is 29.8 Å². The van der Waals surface area contributed by atoms with Gasteiger partial charge in [0.15, 0.2) is 0 Å². The molecule has 0 radical (unpaired) electrons. The normalized spacial score (nSPS) is 12.8. The van der Waals surface area contributed by atoms with E-state index in [2.05, 4.69) is 20.9 Å². The van der Waals surface area contributed by atoms with E-state index in [4.69, 9.17) is 11.6 Å². The Kier molecular flexibility index (Phi) is 4.02. The maximum absolute atomic E-state index is 10.4. The molecule has 0 fully saturated rings. The fourth-order valence-electron chi connectivity index (χ4n) is 2.39. The summed E-state index contributed by atoms with van der Waals surface area (Å²) in [6.45, 7) is 0. The smallest absolute Gasteiger partial charge is 0.112 e. The number of para-hydroxylation sites is 2. The number of aliphatic hydroxyl groups is 1. The van der Waals surface area contributed by atoms with Crippen molar-refractivity contribution in [2.45, 2.75) is 12.5 Å². The van der Waals surface area contributed by atoms with E-state index in [-0.39, 0.29) is 0 Å². The third-order valence-electron chi connectivity index (χ3n) is 3.58. The van der Waals surface area contributed by atoms with Crippen LogP contribution in [0.3, 0.4) is 0 Å². The third kappa shape index (κ3) is 2.84. The van der Waals surface area contributed by atoms with Gasteiger partial charge in [-0.2, -0.15) is 0 Å². The Hall–Kier alpha value is -1.36. The standard InChI is InChI=1S/C16H14BrClN2O/c1-20-14-5-3-2-4-13(14)19-16(20)9-15(21)10-6-7-11(17)12(18)8-10/h2-8,15,21H,9H2,1H3. The van der Waals surface area contributed by atoms with Gasteiger partial charge in [0.1, 0.15) is 5.82 Å². The largest absolute Gasteiger partial charge is 0.388 e. The highest BCUT2D eigenvalue weighted by Gasteiger charge is 2.15. The number of hydrogen-bond acceptors (Lipinski definition) is 2. The van der Waals surface area contributed by atoms with Crippen LogP contribution in [-0.2, 0) is 13.5 Å². The minimum atomic E-state index is -0.633. The van der Waals surface area contributed by atoms with Crippen LogP contribution in [0.25, 0.3) is 11.0 Å². The number of aromatic nitrogens is 2. The Labute approximate surface area is 136 Å². The molecule has 5 heteroatoms. The van der Waals surface area contributed by atoms with Gasteiger partial charge in [0.2, 0.25) is 0 Å². The maximum Gasteiger partial charge on any atom is 0.112 e. The summed E-state index contributed by atoms with van der Waals surface area (Å²) in [5.74, 6) is 0.850. The summed E-state index contributed by atoms with van der Waals surface area (Å²) >= 11 is 9.43. The molecule has 3 nitrogen and oxygen atoms in total. The number of halogens is 2. The zero-order valence-corrected chi connectivity index (χ0v) is 13.8. The number of aryl methyl sites for hydroxylation is 1. The number of imidazole rings is 1. The zero-order valence-electron chi connectivity index (χ0n) is 11.4. The van der Waals surface area contributed by atoms with Gasteiger partial charge >= 0.3 is 0 Å². The van der Waals surface area contributed by atoms with Crippen LogP contribution in [0.4, 0.5) is 0 Å². The molecule has 1 heterocycles. The van der Waals surface area contributed by atoms with Crippen molar-refractivity contribution in [3.8, 4) is 0 Å². The van der Waals surface area contributed by atoms with Crippen molar-refractivity contribution in [1.82, 2.24) is 9.55 Å². The number of benzene rings is 2. The lowest BCUT2D eigenvalue weighted by Gasteiger charge is -2.12. The average Bonchev–Trinajstić information content (AvgIpc) is 2.79. The molecular formula is C16H14BrClN2O. The SMILES string of the molecule is Cn1c(CC(O)c2ccc(Br)c(Cl)c2)nc2ccccc21. The molecule has 108 valence electrons. The van der Waals surface area contributed by atoms with E-state index in [0.717, 1.165) is 26.9 Å². The molecule has 0 aliphatic heterocycles. The van der Waals surface area contributed by atoms with E-state index < -0.39 is 6.10 Å². The van der Waals surface area contributed by atoms with Crippen LogP contribution in [-0.4, -0.2) is 14.7 Å². The minimum Gasteiger partial charge on any atom is -0.388 e. The second-order valence-electron chi connectivity index (χ2n) is 4.97. The van der Waals surface area contributed by atoms with E-state index >= 15 is 0 Å². The third-order valence-corrected chi connectivity index (χ3v) is 4.82. The van der Waals surface area contributed by atoms with Crippen LogP contribution in [0.1, 0.15) is 17.5 Å². The van der Waals surface area contributed by atoms with Gasteiger partial charge in [-0.3, -0.25) is 0 Å². The number of aliphatic hydroxyl groups excluding tert-OH is 1. The lowest BCUT2D eigenvalue weighted by atomic mass is 10.1. The van der Waals surface area contributed by atoms with Crippen molar-refractivity contribution in [3.05, 3.63) is 63.3 Å². The van der Waals surface area contributed by atoms with Crippen molar-refractivity contribution in [1.29, 1.82) is 0 Å². The molecule has 0 saturated carbocycles. The molecule has 0 saturated heterocycles. The topological polar surface area (TPSA) is 38.0 Å². The van der Waals surface area contributed by atoms with Crippen LogP contribution >= 0.6 is 27.5 Å². The summed E-state index contributed by atoms with van der Waals surface area (Å²) in [6.07, 6.45) is -0.186. The number of rotatable bonds is 3. The van der Waals surface area contributed by atoms with Crippen LogP contribution in [0.2, 0.25) is 5.02 Å². The second kappa shape index (κ2) is 5.79. The highest BCUT2D eigenvalue weighted by molar-refractivity contribution is 9.10. The predicted octanol–water partition coefficient (Wildman–Crippen LogP) is 4.27. The quantitative estimate of drug-likeness (QED) is 0.753. The molecule has 1 N–H and O–H groups in total. The predicted molar refractivity (Wildman–Crippen MR) is 88.5 cm³/mol. The Balaban J connectivity index is 1.90. The Morgan fingerprint density at radius 1 is 1.29 bits per heavy atom. The summed E-state index contributed by atoms with van der Waals surface area (Å²) in [7, 11) is 1.96. The van der Waals surface area contributed by atoms with Crippen LogP contribution in [0.15, 0.2) is 46.9 Å². The molecule has 21 heavy (non-hydrogen) atoms. The molecule has 0 bridgehead atoms. The average molecular weight is 366 g/mol. The number of nitrogens with zero attached hydrogens (tertiary/aromatic N) is 2. The van der Waals surface area contributed by atoms with E-state index in [1.165, 1.54) is 0 Å². The first kappa shape index (κ1) is 14.6. The van der Waals surface area contributed by atoms with E-state index in [1.807, 2.05) is 48.0 Å². The summed E-state index contributed by atoms with van der Waals surface area (Å²) in [5.41, 5.74) is 2.79. The molecule has 0 amide bonds. The summed E-state index contributed by atoms with van der Waals surface area (Å²) in [5, 5.41) is 11.0. The van der Waals surface area contributed by atoms with Gasteiger partial charge < -0.3 is 9.67 Å². The molecule has 3 rings (SSSR count). The monoisotopic (exact) mass is 364 g/mol. The lowest BCUT2D eigenvalue weighted by molar-refractivity contribution is 0.175. The first-order valence-corrected chi connectivity index (χ1v) is 7.76. The number of fused-ring (bicyclic) bond motifs is 1. The van der Waals surface area contributed by atoms with Crippen molar-refractivity contribution < 1.29 is 5.11 Å². The fourth-order valence-corrected chi connectivity index (χ4v) is 2.82. The molecule has 2 aromatic carbocycles. The first-order valence-electron chi connectivity index (χ1n) is 6.59. The molecule has 1 aromatic heterocycles.